The van der Waals surface area contributed by atoms with Gasteiger partial charge >= 0.3 is 0 Å². The lowest BCUT2D eigenvalue weighted by Gasteiger charge is -2.33. The fourth-order valence-electron chi connectivity index (χ4n) is 1.89. The highest BCUT2D eigenvalue weighted by molar-refractivity contribution is 5.93. The van der Waals surface area contributed by atoms with Gasteiger partial charge in [0.2, 0.25) is 5.95 Å². The number of aromatic nitrogens is 1. The molecule has 0 N–H and O–H groups in total. The van der Waals surface area contributed by atoms with Gasteiger partial charge in [-0.3, -0.25) is 9.69 Å². The van der Waals surface area contributed by atoms with Crippen LogP contribution in [0.1, 0.15) is 10.4 Å². The number of carbonyl (C=O) groups excluding carboxylic acids is 1. The summed E-state index contributed by atoms with van der Waals surface area (Å²) in [7, 11) is 0. The number of amides is 1. The van der Waals surface area contributed by atoms with Crippen LogP contribution in [0.25, 0.3) is 0 Å². The van der Waals surface area contributed by atoms with Gasteiger partial charge in [-0.25, -0.2) is 4.98 Å². The summed E-state index contributed by atoms with van der Waals surface area (Å²) in [6, 6.07) is 4.71. The Morgan fingerprint density at radius 3 is 2.67 bits per heavy atom. The molecule has 1 aliphatic rings. The molecule has 0 aliphatic carbocycles. The summed E-state index contributed by atoms with van der Waals surface area (Å²) in [5.41, 5.74) is 0.394. The smallest absolute Gasteiger partial charge is 0.255 e. The molecular weight excluding hydrogens is 235 g/mol. The number of piperazine rings is 1. The number of nitrogens with zero attached hydrogens (tertiary/aromatic N) is 4. The Bertz CT molecular complexity index is 460. The second-order valence-electron chi connectivity index (χ2n) is 4.10. The lowest BCUT2D eigenvalue weighted by atomic mass is 10.2. The third-order valence-corrected chi connectivity index (χ3v) is 2.93. The van der Waals surface area contributed by atoms with Crippen LogP contribution in [-0.4, -0.2) is 53.4 Å². The normalized spacial score (nSPS) is 16.3. The fraction of sp³-hybridized carbons (Fsp3) is 0.417. The fourth-order valence-corrected chi connectivity index (χ4v) is 1.89. The molecule has 0 radical (unpaired) electrons. The largest absolute Gasteiger partial charge is 0.336 e. The summed E-state index contributed by atoms with van der Waals surface area (Å²) in [5.74, 6) is -0.732. The van der Waals surface area contributed by atoms with Crippen LogP contribution in [0.5, 0.6) is 0 Å². The van der Waals surface area contributed by atoms with Crippen molar-refractivity contribution < 1.29 is 9.18 Å². The zero-order valence-electron chi connectivity index (χ0n) is 9.84. The molecule has 0 bridgehead atoms. The first-order valence-electron chi connectivity index (χ1n) is 5.71. The quantitative estimate of drug-likeness (QED) is 0.565. The molecule has 6 heteroatoms. The molecule has 1 aliphatic heterocycles. The molecule has 18 heavy (non-hydrogen) atoms. The van der Waals surface area contributed by atoms with Gasteiger partial charge in [0.05, 0.1) is 18.2 Å². The van der Waals surface area contributed by atoms with Crippen molar-refractivity contribution in [3.63, 3.8) is 0 Å². The molecule has 5 nitrogen and oxygen atoms in total. The molecule has 2 heterocycles. The molecule has 2 rings (SSSR count). The van der Waals surface area contributed by atoms with Crippen molar-refractivity contribution in [1.82, 2.24) is 14.8 Å². The third-order valence-electron chi connectivity index (χ3n) is 2.93. The minimum Gasteiger partial charge on any atom is -0.336 e. The van der Waals surface area contributed by atoms with Crippen molar-refractivity contribution in [2.75, 3.05) is 32.7 Å². The van der Waals surface area contributed by atoms with Crippen molar-refractivity contribution in [2.45, 2.75) is 0 Å². The zero-order valence-corrected chi connectivity index (χ0v) is 9.84. The zero-order chi connectivity index (χ0) is 13.0. The van der Waals surface area contributed by atoms with Crippen LogP contribution in [0.2, 0.25) is 0 Å². The Morgan fingerprint density at radius 2 is 2.11 bits per heavy atom. The van der Waals surface area contributed by atoms with Gasteiger partial charge in [-0.2, -0.15) is 9.65 Å². The van der Waals surface area contributed by atoms with E-state index >= 15 is 0 Å². The predicted molar refractivity (Wildman–Crippen MR) is 62.2 cm³/mol. The van der Waals surface area contributed by atoms with Gasteiger partial charge < -0.3 is 4.90 Å². The molecule has 1 aromatic rings. The van der Waals surface area contributed by atoms with E-state index in [1.165, 1.54) is 18.3 Å². The second-order valence-corrected chi connectivity index (χ2v) is 4.10. The molecule has 0 aromatic carbocycles. The minimum absolute atomic E-state index is 0.140. The highest BCUT2D eigenvalue weighted by atomic mass is 19.1. The maximum absolute atomic E-state index is 12.7. The van der Waals surface area contributed by atoms with E-state index in [4.69, 9.17) is 5.26 Å². The van der Waals surface area contributed by atoms with E-state index in [0.717, 1.165) is 0 Å². The van der Waals surface area contributed by atoms with Crippen LogP contribution in [0.3, 0.4) is 0 Å². The highest BCUT2D eigenvalue weighted by Gasteiger charge is 2.21. The second kappa shape index (κ2) is 5.56. The summed E-state index contributed by atoms with van der Waals surface area (Å²) < 4.78 is 12.7. The Hall–Kier alpha value is -2.00. The standard InChI is InChI=1S/C12H13FN4O/c13-11-2-1-10(9-15-11)12(18)17-7-5-16(4-3-14)6-8-17/h1-2,9H,4-8H2. The number of rotatable bonds is 2. The molecule has 0 saturated carbocycles. The van der Waals surface area contributed by atoms with Gasteiger partial charge in [0.1, 0.15) is 0 Å². The van der Waals surface area contributed by atoms with Crippen LogP contribution in [0.15, 0.2) is 18.3 Å². The summed E-state index contributed by atoms with van der Waals surface area (Å²) in [6.07, 6.45) is 1.25. The Morgan fingerprint density at radius 1 is 1.39 bits per heavy atom. The average molecular weight is 248 g/mol. The van der Waals surface area contributed by atoms with E-state index in [2.05, 4.69) is 11.1 Å². The summed E-state index contributed by atoms with van der Waals surface area (Å²) >= 11 is 0. The first kappa shape index (κ1) is 12.5. The van der Waals surface area contributed by atoms with Gasteiger partial charge in [-0.05, 0) is 12.1 Å². The number of hydrogen-bond acceptors (Lipinski definition) is 4. The van der Waals surface area contributed by atoms with Gasteiger partial charge in [0.25, 0.3) is 5.91 Å². The first-order chi connectivity index (χ1) is 8.70. The summed E-state index contributed by atoms with van der Waals surface area (Å²) in [6.45, 7) is 2.93. The van der Waals surface area contributed by atoms with Crippen molar-refractivity contribution in [3.8, 4) is 6.07 Å². The molecular formula is C12H13FN4O. The molecule has 1 aromatic heterocycles. The van der Waals surface area contributed by atoms with Crippen molar-refractivity contribution in [2.24, 2.45) is 0 Å². The molecule has 94 valence electrons. The number of carbonyl (C=O) groups is 1. The Balaban J connectivity index is 1.95. The van der Waals surface area contributed by atoms with E-state index in [1.807, 2.05) is 4.90 Å². The molecule has 0 unspecified atom stereocenters. The van der Waals surface area contributed by atoms with Gasteiger partial charge in [0.15, 0.2) is 0 Å². The first-order valence-corrected chi connectivity index (χ1v) is 5.71. The highest BCUT2D eigenvalue weighted by Crippen LogP contribution is 2.08. The van der Waals surface area contributed by atoms with Crippen LogP contribution in [0, 0.1) is 17.3 Å². The average Bonchev–Trinajstić information content (AvgIpc) is 2.40. The Labute approximate surface area is 104 Å². The molecule has 1 saturated heterocycles. The maximum Gasteiger partial charge on any atom is 0.255 e. The number of hydrogen-bond donors (Lipinski definition) is 0. The van der Waals surface area contributed by atoms with Gasteiger partial charge in [-0.1, -0.05) is 0 Å². The van der Waals surface area contributed by atoms with Gasteiger partial charge in [0, 0.05) is 32.4 Å². The number of pyridine rings is 1. The van der Waals surface area contributed by atoms with Crippen molar-refractivity contribution >= 4 is 5.91 Å². The minimum atomic E-state index is -0.592. The van der Waals surface area contributed by atoms with Crippen LogP contribution >= 0.6 is 0 Å². The van der Waals surface area contributed by atoms with Crippen LogP contribution in [0.4, 0.5) is 4.39 Å². The van der Waals surface area contributed by atoms with E-state index in [0.29, 0.717) is 38.3 Å². The van der Waals surface area contributed by atoms with Crippen LogP contribution < -0.4 is 0 Å². The summed E-state index contributed by atoms with van der Waals surface area (Å²) in [4.78, 5) is 19.2. The summed E-state index contributed by atoms with van der Waals surface area (Å²) in [5, 5.41) is 8.58. The van der Waals surface area contributed by atoms with Gasteiger partial charge in [-0.15, -0.1) is 0 Å². The van der Waals surface area contributed by atoms with E-state index in [1.54, 1.807) is 4.90 Å². The maximum atomic E-state index is 12.7. The predicted octanol–water partition coefficient (Wildman–Crippen LogP) is 0.502. The van der Waals surface area contributed by atoms with Crippen molar-refractivity contribution in [1.29, 1.82) is 5.26 Å². The molecule has 1 amide bonds. The third kappa shape index (κ3) is 2.81. The Kier molecular flexibility index (Phi) is 3.85. The topological polar surface area (TPSA) is 60.2 Å². The monoisotopic (exact) mass is 248 g/mol. The lowest BCUT2D eigenvalue weighted by molar-refractivity contribution is 0.0651. The lowest BCUT2D eigenvalue weighted by Crippen LogP contribution is -2.48. The van der Waals surface area contributed by atoms with Crippen LogP contribution in [-0.2, 0) is 0 Å². The molecule has 1 fully saturated rings. The molecule has 0 atom stereocenters. The number of halogens is 1. The SMILES string of the molecule is N#CCN1CCN(C(=O)c2ccc(F)nc2)CC1. The van der Waals surface area contributed by atoms with E-state index in [9.17, 15) is 9.18 Å². The van der Waals surface area contributed by atoms with E-state index in [-0.39, 0.29) is 5.91 Å². The van der Waals surface area contributed by atoms with E-state index < -0.39 is 5.95 Å². The van der Waals surface area contributed by atoms with Crippen molar-refractivity contribution in [3.05, 3.63) is 29.8 Å². The molecule has 0 spiro atoms. The number of nitriles is 1.